The molecule has 1 fully saturated rings. The van der Waals surface area contributed by atoms with Gasteiger partial charge in [-0.15, -0.1) is 0 Å². The fourth-order valence-corrected chi connectivity index (χ4v) is 3.86. The first-order chi connectivity index (χ1) is 9.17. The Labute approximate surface area is 122 Å². The highest BCUT2D eigenvalue weighted by Gasteiger charge is 2.55. The fourth-order valence-electron chi connectivity index (χ4n) is 3.86. The van der Waals surface area contributed by atoms with Crippen molar-refractivity contribution in [3.8, 4) is 0 Å². The summed E-state index contributed by atoms with van der Waals surface area (Å²) < 4.78 is 0. The van der Waals surface area contributed by atoms with Gasteiger partial charge in [0.15, 0.2) is 0 Å². The van der Waals surface area contributed by atoms with Crippen LogP contribution in [0, 0.1) is 11.3 Å². The second-order valence-corrected chi connectivity index (χ2v) is 7.06. The highest BCUT2D eigenvalue weighted by molar-refractivity contribution is 5.86. The largest absolute Gasteiger partial charge is 0.479 e. The van der Waals surface area contributed by atoms with E-state index in [1.54, 1.807) is 4.90 Å². The molecule has 0 aromatic rings. The molecule has 4 nitrogen and oxygen atoms in total. The predicted octanol–water partition coefficient (Wildman–Crippen LogP) is 3.30. The molecule has 0 aromatic carbocycles. The van der Waals surface area contributed by atoms with Gasteiger partial charge in [-0.2, -0.15) is 0 Å². The van der Waals surface area contributed by atoms with E-state index in [-0.39, 0.29) is 17.2 Å². The standard InChI is InChI=1S/C16H29NO3/c1-6-11-17(12(2)18)16(14(19)20)10-8-7-9-13(16)15(3,4)5/h13H,6-11H2,1-5H3,(H,19,20). The SMILES string of the molecule is CCCN(C(C)=O)C1(C(=O)O)CCCCC1C(C)(C)C. The molecule has 1 N–H and O–H groups in total. The first-order valence-corrected chi connectivity index (χ1v) is 7.69. The van der Waals surface area contributed by atoms with Gasteiger partial charge in [0.25, 0.3) is 0 Å². The third-order valence-corrected chi connectivity index (χ3v) is 4.60. The molecule has 1 saturated carbocycles. The van der Waals surface area contributed by atoms with Gasteiger partial charge < -0.3 is 10.0 Å². The van der Waals surface area contributed by atoms with E-state index in [2.05, 4.69) is 20.8 Å². The van der Waals surface area contributed by atoms with Crippen molar-refractivity contribution in [2.75, 3.05) is 6.54 Å². The van der Waals surface area contributed by atoms with E-state index in [4.69, 9.17) is 0 Å². The number of carboxylic acid groups (broad SMARTS) is 1. The lowest BCUT2D eigenvalue weighted by atomic mass is 9.61. The number of carbonyl (C=O) groups is 2. The molecule has 1 amide bonds. The first-order valence-electron chi connectivity index (χ1n) is 7.69. The zero-order valence-corrected chi connectivity index (χ0v) is 13.5. The Balaban J connectivity index is 3.35. The molecule has 0 aromatic heterocycles. The lowest BCUT2D eigenvalue weighted by Gasteiger charge is -2.52. The number of rotatable bonds is 4. The third kappa shape index (κ3) is 2.99. The summed E-state index contributed by atoms with van der Waals surface area (Å²) in [6.07, 6.45) is 4.17. The van der Waals surface area contributed by atoms with Gasteiger partial charge >= 0.3 is 5.97 Å². The van der Waals surface area contributed by atoms with E-state index in [0.29, 0.717) is 13.0 Å². The van der Waals surface area contributed by atoms with E-state index in [9.17, 15) is 14.7 Å². The predicted molar refractivity (Wildman–Crippen MR) is 79.5 cm³/mol. The molecule has 1 aliphatic carbocycles. The van der Waals surface area contributed by atoms with Crippen LogP contribution in [0.2, 0.25) is 0 Å². The zero-order valence-electron chi connectivity index (χ0n) is 13.5. The van der Waals surface area contributed by atoms with Gasteiger partial charge in [0.05, 0.1) is 0 Å². The molecule has 0 heterocycles. The minimum Gasteiger partial charge on any atom is -0.479 e. The molecule has 116 valence electrons. The molecule has 0 spiro atoms. The van der Waals surface area contributed by atoms with Crippen LogP contribution in [0.25, 0.3) is 0 Å². The third-order valence-electron chi connectivity index (χ3n) is 4.60. The summed E-state index contributed by atoms with van der Waals surface area (Å²) in [4.78, 5) is 25.9. The van der Waals surface area contributed by atoms with Crippen molar-refractivity contribution in [3.63, 3.8) is 0 Å². The van der Waals surface area contributed by atoms with Crippen LogP contribution in [0.3, 0.4) is 0 Å². The maximum atomic E-state index is 12.2. The lowest BCUT2D eigenvalue weighted by Crippen LogP contribution is -2.64. The van der Waals surface area contributed by atoms with E-state index in [1.165, 1.54) is 6.92 Å². The van der Waals surface area contributed by atoms with Crippen LogP contribution >= 0.6 is 0 Å². The summed E-state index contributed by atoms with van der Waals surface area (Å²) in [5.74, 6) is -0.956. The van der Waals surface area contributed by atoms with Gasteiger partial charge in [0, 0.05) is 13.5 Å². The van der Waals surface area contributed by atoms with Crippen LogP contribution < -0.4 is 0 Å². The topological polar surface area (TPSA) is 57.6 Å². The Hall–Kier alpha value is -1.06. The summed E-state index contributed by atoms with van der Waals surface area (Å²) in [5, 5.41) is 9.97. The molecular formula is C16H29NO3. The van der Waals surface area contributed by atoms with Gasteiger partial charge in [-0.05, 0) is 30.6 Å². The van der Waals surface area contributed by atoms with Crippen LogP contribution in [0.5, 0.6) is 0 Å². The van der Waals surface area contributed by atoms with Gasteiger partial charge in [0.2, 0.25) is 5.91 Å². The molecular weight excluding hydrogens is 254 g/mol. The number of amides is 1. The number of aliphatic carboxylic acids is 1. The smallest absolute Gasteiger partial charge is 0.329 e. The number of hydrogen-bond acceptors (Lipinski definition) is 2. The van der Waals surface area contributed by atoms with Crippen molar-refractivity contribution in [3.05, 3.63) is 0 Å². The Morgan fingerprint density at radius 3 is 2.30 bits per heavy atom. The summed E-state index contributed by atoms with van der Waals surface area (Å²) in [6.45, 7) is 10.3. The molecule has 1 rings (SSSR count). The number of nitrogens with zero attached hydrogens (tertiary/aromatic N) is 1. The fraction of sp³-hybridized carbons (Fsp3) is 0.875. The summed E-state index contributed by atoms with van der Waals surface area (Å²) >= 11 is 0. The average molecular weight is 283 g/mol. The Bertz CT molecular complexity index is 372. The lowest BCUT2D eigenvalue weighted by molar-refractivity contribution is -0.171. The van der Waals surface area contributed by atoms with E-state index < -0.39 is 11.5 Å². The quantitative estimate of drug-likeness (QED) is 0.861. The van der Waals surface area contributed by atoms with Crippen LogP contribution in [0.4, 0.5) is 0 Å². The maximum absolute atomic E-state index is 12.2. The molecule has 20 heavy (non-hydrogen) atoms. The molecule has 0 saturated heterocycles. The summed E-state index contributed by atoms with van der Waals surface area (Å²) in [5.41, 5.74) is -1.15. The summed E-state index contributed by atoms with van der Waals surface area (Å²) in [6, 6.07) is 0. The number of carboxylic acids is 1. The van der Waals surface area contributed by atoms with Crippen molar-refractivity contribution in [1.29, 1.82) is 0 Å². The Morgan fingerprint density at radius 1 is 1.30 bits per heavy atom. The second-order valence-electron chi connectivity index (χ2n) is 7.06. The summed E-state index contributed by atoms with van der Waals surface area (Å²) in [7, 11) is 0. The van der Waals surface area contributed by atoms with Gasteiger partial charge in [-0.25, -0.2) is 4.79 Å². The van der Waals surface area contributed by atoms with Crippen LogP contribution in [-0.4, -0.2) is 34.0 Å². The number of hydrogen-bond donors (Lipinski definition) is 1. The molecule has 2 unspecified atom stereocenters. The van der Waals surface area contributed by atoms with Crippen molar-refractivity contribution in [2.45, 2.75) is 72.3 Å². The maximum Gasteiger partial charge on any atom is 0.329 e. The van der Waals surface area contributed by atoms with Gasteiger partial charge in [0.1, 0.15) is 5.54 Å². The van der Waals surface area contributed by atoms with Gasteiger partial charge in [-0.1, -0.05) is 40.5 Å². The molecule has 2 atom stereocenters. The highest BCUT2D eigenvalue weighted by Crippen LogP contribution is 2.47. The van der Waals surface area contributed by atoms with Crippen LogP contribution in [-0.2, 0) is 9.59 Å². The molecule has 0 radical (unpaired) electrons. The Kier molecular flexibility index (Phi) is 5.22. The first kappa shape index (κ1) is 17.0. The average Bonchev–Trinajstić information content (AvgIpc) is 2.34. The molecule has 4 heteroatoms. The van der Waals surface area contributed by atoms with Crippen LogP contribution in [0.1, 0.15) is 66.7 Å². The molecule has 0 aliphatic heterocycles. The van der Waals surface area contributed by atoms with E-state index in [0.717, 1.165) is 25.7 Å². The van der Waals surface area contributed by atoms with Crippen molar-refractivity contribution >= 4 is 11.9 Å². The zero-order chi connectivity index (χ0) is 15.6. The monoisotopic (exact) mass is 283 g/mol. The highest BCUT2D eigenvalue weighted by atomic mass is 16.4. The van der Waals surface area contributed by atoms with E-state index >= 15 is 0 Å². The number of carbonyl (C=O) groups excluding carboxylic acids is 1. The molecule has 1 aliphatic rings. The normalized spacial score (nSPS) is 27.1. The molecule has 0 bridgehead atoms. The van der Waals surface area contributed by atoms with Crippen LogP contribution in [0.15, 0.2) is 0 Å². The minimum absolute atomic E-state index is 0.00306. The van der Waals surface area contributed by atoms with E-state index in [1.807, 2.05) is 6.92 Å². The second kappa shape index (κ2) is 6.15. The van der Waals surface area contributed by atoms with Crippen molar-refractivity contribution in [2.24, 2.45) is 11.3 Å². The Morgan fingerprint density at radius 2 is 1.90 bits per heavy atom. The van der Waals surface area contributed by atoms with Crippen molar-refractivity contribution in [1.82, 2.24) is 4.90 Å². The van der Waals surface area contributed by atoms with Gasteiger partial charge in [-0.3, -0.25) is 4.79 Å². The van der Waals surface area contributed by atoms with Crippen molar-refractivity contribution < 1.29 is 14.7 Å². The minimum atomic E-state index is -1.03.